The molecule has 0 radical (unpaired) electrons. The smallest absolute Gasteiger partial charge is 0.170 e. The fourth-order valence-electron chi connectivity index (χ4n) is 1.19. The number of hydrogen-bond donors (Lipinski definition) is 0. The maximum absolute atomic E-state index is 11.5. The molecule has 4 heteroatoms. The van der Waals surface area contributed by atoms with Crippen molar-refractivity contribution in [2.45, 2.75) is 5.75 Å². The lowest BCUT2D eigenvalue weighted by Crippen LogP contribution is -2.16. The Bertz CT molecular complexity index is 335. The first-order valence-electron chi connectivity index (χ1n) is 4.62. The molecule has 0 aliphatic carbocycles. The first-order valence-corrected chi connectivity index (χ1v) is 6.10. The average Bonchev–Trinajstić information content (AvgIpc) is 2.19. The van der Waals surface area contributed by atoms with Crippen molar-refractivity contribution in [3.8, 4) is 0 Å². The molecule has 3 nitrogen and oxygen atoms in total. The molecular formula is C11H14O3S. The van der Waals surface area contributed by atoms with E-state index in [1.165, 1.54) is 7.11 Å². The van der Waals surface area contributed by atoms with Crippen LogP contribution >= 0.6 is 0 Å². The zero-order valence-electron chi connectivity index (χ0n) is 8.64. The zero-order valence-corrected chi connectivity index (χ0v) is 9.46. The summed E-state index contributed by atoms with van der Waals surface area (Å²) in [6, 6.07) is 9.49. The quantitative estimate of drug-likeness (QED) is 0.731. The fourth-order valence-corrected chi connectivity index (χ4v) is 2.30. The molecule has 0 spiro atoms. The van der Waals surface area contributed by atoms with Crippen molar-refractivity contribution in [3.63, 3.8) is 0 Å². The summed E-state index contributed by atoms with van der Waals surface area (Å²) >= 11 is 0. The number of Topliss-reactive ketones (excluding diaryl/α,β-unsaturated/α-hetero) is 1. The van der Waals surface area contributed by atoms with Gasteiger partial charge in [0, 0.05) is 23.7 Å². The minimum absolute atomic E-state index is 0.0422. The standard InChI is InChI=1S/C11H14O3S/c1-14-7-11(12)9-15(13)8-10-5-3-2-4-6-10/h2-6H,7-9H2,1H3. The summed E-state index contributed by atoms with van der Waals surface area (Å²) in [6.07, 6.45) is 0. The highest BCUT2D eigenvalue weighted by Gasteiger charge is 2.07. The third-order valence-electron chi connectivity index (χ3n) is 1.80. The van der Waals surface area contributed by atoms with Crippen LogP contribution in [0, 0.1) is 0 Å². The van der Waals surface area contributed by atoms with Crippen molar-refractivity contribution >= 4 is 16.6 Å². The summed E-state index contributed by atoms with van der Waals surface area (Å²) in [4.78, 5) is 11.1. The molecule has 1 aromatic rings. The van der Waals surface area contributed by atoms with Gasteiger partial charge in [-0.1, -0.05) is 30.3 Å². The number of carbonyl (C=O) groups excluding carboxylic acids is 1. The van der Waals surface area contributed by atoms with E-state index in [9.17, 15) is 9.00 Å². The third-order valence-corrected chi connectivity index (χ3v) is 3.10. The molecule has 0 saturated carbocycles. The van der Waals surface area contributed by atoms with E-state index in [0.717, 1.165) is 5.56 Å². The lowest BCUT2D eigenvalue weighted by Gasteiger charge is -2.01. The van der Waals surface area contributed by atoms with Gasteiger partial charge in [-0.2, -0.15) is 0 Å². The molecular weight excluding hydrogens is 212 g/mol. The van der Waals surface area contributed by atoms with Crippen LogP contribution in [0.2, 0.25) is 0 Å². The lowest BCUT2D eigenvalue weighted by molar-refractivity contribution is -0.120. The molecule has 0 aliphatic heterocycles. The summed E-state index contributed by atoms with van der Waals surface area (Å²) in [6.45, 7) is 0.0422. The Hall–Kier alpha value is -1.00. The fraction of sp³-hybridized carbons (Fsp3) is 0.364. The van der Waals surface area contributed by atoms with E-state index in [1.807, 2.05) is 30.3 Å². The van der Waals surface area contributed by atoms with Gasteiger partial charge >= 0.3 is 0 Å². The molecule has 82 valence electrons. The highest BCUT2D eigenvalue weighted by atomic mass is 32.2. The molecule has 0 N–H and O–H groups in total. The van der Waals surface area contributed by atoms with E-state index in [0.29, 0.717) is 5.75 Å². The number of benzene rings is 1. The summed E-state index contributed by atoms with van der Waals surface area (Å²) in [5, 5.41) is 0. The van der Waals surface area contributed by atoms with Gasteiger partial charge in [-0.25, -0.2) is 0 Å². The van der Waals surface area contributed by atoms with Gasteiger partial charge in [-0.05, 0) is 5.56 Å². The Labute approximate surface area is 91.9 Å². The predicted molar refractivity (Wildman–Crippen MR) is 60.0 cm³/mol. The van der Waals surface area contributed by atoms with Crippen LogP contribution in [0.1, 0.15) is 5.56 Å². The zero-order chi connectivity index (χ0) is 11.1. The maximum atomic E-state index is 11.5. The van der Waals surface area contributed by atoms with E-state index in [-0.39, 0.29) is 18.1 Å². The molecule has 15 heavy (non-hydrogen) atoms. The molecule has 0 heterocycles. The second-order valence-electron chi connectivity index (χ2n) is 3.19. The van der Waals surface area contributed by atoms with E-state index in [1.54, 1.807) is 0 Å². The molecule has 0 fully saturated rings. The van der Waals surface area contributed by atoms with Crippen LogP contribution in [-0.2, 0) is 26.1 Å². The van der Waals surface area contributed by atoms with E-state index in [4.69, 9.17) is 0 Å². The van der Waals surface area contributed by atoms with Gasteiger partial charge in [-0.15, -0.1) is 0 Å². The Morgan fingerprint density at radius 3 is 2.60 bits per heavy atom. The van der Waals surface area contributed by atoms with Crippen LogP contribution in [0.25, 0.3) is 0 Å². The first kappa shape index (κ1) is 12.1. The Kier molecular flexibility index (Phi) is 5.21. The van der Waals surface area contributed by atoms with Gasteiger partial charge < -0.3 is 4.74 Å². The molecule has 1 atom stereocenters. The van der Waals surface area contributed by atoms with Crippen LogP contribution in [0.3, 0.4) is 0 Å². The van der Waals surface area contributed by atoms with E-state index in [2.05, 4.69) is 4.74 Å². The van der Waals surface area contributed by atoms with E-state index < -0.39 is 10.8 Å². The van der Waals surface area contributed by atoms with Gasteiger partial charge in [0.1, 0.15) is 6.61 Å². The molecule has 1 rings (SSSR count). The molecule has 1 aromatic carbocycles. The van der Waals surface area contributed by atoms with Crippen molar-refractivity contribution in [3.05, 3.63) is 35.9 Å². The highest BCUT2D eigenvalue weighted by Crippen LogP contribution is 2.02. The molecule has 0 bridgehead atoms. The predicted octanol–water partition coefficient (Wildman–Crippen LogP) is 1.15. The molecule has 0 saturated heterocycles. The van der Waals surface area contributed by atoms with Crippen molar-refractivity contribution < 1.29 is 13.7 Å². The van der Waals surface area contributed by atoms with Gasteiger partial charge in [0.15, 0.2) is 5.78 Å². The number of ether oxygens (including phenoxy) is 1. The van der Waals surface area contributed by atoms with Crippen LogP contribution in [0.4, 0.5) is 0 Å². The Balaban J connectivity index is 2.40. The summed E-state index contributed by atoms with van der Waals surface area (Å²) in [7, 11) is 0.324. The third kappa shape index (κ3) is 4.85. The van der Waals surface area contributed by atoms with Crippen LogP contribution in [0.15, 0.2) is 30.3 Å². The van der Waals surface area contributed by atoms with Gasteiger partial charge in [-0.3, -0.25) is 9.00 Å². The summed E-state index contributed by atoms with van der Waals surface area (Å²) < 4.78 is 16.2. The first-order chi connectivity index (χ1) is 7.22. The van der Waals surface area contributed by atoms with Gasteiger partial charge in [0.25, 0.3) is 0 Å². The number of ketones is 1. The number of hydrogen-bond acceptors (Lipinski definition) is 3. The summed E-state index contributed by atoms with van der Waals surface area (Å²) in [5.41, 5.74) is 0.987. The number of methoxy groups -OCH3 is 1. The topological polar surface area (TPSA) is 43.4 Å². The molecule has 0 aromatic heterocycles. The van der Waals surface area contributed by atoms with Gasteiger partial charge in [0.05, 0.1) is 5.75 Å². The van der Waals surface area contributed by atoms with Crippen molar-refractivity contribution in [2.75, 3.05) is 19.5 Å². The number of carbonyl (C=O) groups is 1. The van der Waals surface area contributed by atoms with Crippen molar-refractivity contribution in [1.82, 2.24) is 0 Å². The van der Waals surface area contributed by atoms with E-state index >= 15 is 0 Å². The minimum Gasteiger partial charge on any atom is -0.377 e. The molecule has 1 unspecified atom stereocenters. The average molecular weight is 226 g/mol. The number of rotatable bonds is 6. The van der Waals surface area contributed by atoms with Crippen molar-refractivity contribution in [1.29, 1.82) is 0 Å². The molecule has 0 amide bonds. The van der Waals surface area contributed by atoms with Crippen molar-refractivity contribution in [2.24, 2.45) is 0 Å². The van der Waals surface area contributed by atoms with Crippen LogP contribution < -0.4 is 0 Å². The SMILES string of the molecule is COCC(=O)CS(=O)Cc1ccccc1. The normalized spacial score (nSPS) is 12.3. The lowest BCUT2D eigenvalue weighted by atomic mass is 10.2. The largest absolute Gasteiger partial charge is 0.377 e. The molecule has 0 aliphatic rings. The minimum atomic E-state index is -1.13. The monoisotopic (exact) mass is 226 g/mol. The van der Waals surface area contributed by atoms with Gasteiger partial charge in [0.2, 0.25) is 0 Å². The van der Waals surface area contributed by atoms with Crippen LogP contribution in [0.5, 0.6) is 0 Å². The second kappa shape index (κ2) is 6.48. The Morgan fingerprint density at radius 2 is 2.00 bits per heavy atom. The second-order valence-corrected chi connectivity index (χ2v) is 4.64. The maximum Gasteiger partial charge on any atom is 0.170 e. The van der Waals surface area contributed by atoms with Crippen LogP contribution in [-0.4, -0.2) is 29.5 Å². The summed E-state index contributed by atoms with van der Waals surface area (Å²) in [5.74, 6) is 0.380. The Morgan fingerprint density at radius 1 is 1.33 bits per heavy atom. The highest BCUT2D eigenvalue weighted by molar-refractivity contribution is 7.84.